The number of carbonyl (C=O) groups excluding carboxylic acids is 2. The Bertz CT molecular complexity index is 1680. The molecule has 0 saturated carbocycles. The molecule has 11 nitrogen and oxygen atoms in total. The number of hydrogen-bond acceptors (Lipinski definition) is 9. The summed E-state index contributed by atoms with van der Waals surface area (Å²) in [4.78, 5) is 44.6. The van der Waals surface area contributed by atoms with Crippen LogP contribution < -0.4 is 39.9 Å². The number of likely N-dealkylation sites (N-methyl/N-ethyl adjacent to an activating group) is 1. The first-order chi connectivity index (χ1) is 20.8. The Hall–Kier alpha value is -4.60. The topological polar surface area (TPSA) is 123 Å². The second kappa shape index (κ2) is 14.5. The number of hydrogen-bond donors (Lipinski definition) is 2. The summed E-state index contributed by atoms with van der Waals surface area (Å²) in [5, 5.41) is 15.4. The Morgan fingerprint density at radius 2 is 1.86 bits per heavy atom. The molecule has 2 amide bonds. The molecule has 43 heavy (non-hydrogen) atoms. The lowest BCUT2D eigenvalue weighted by Crippen LogP contribution is -2.49. The van der Waals surface area contributed by atoms with Crippen LogP contribution in [0.2, 0.25) is 0 Å². The first kappa shape index (κ1) is 31.3. The van der Waals surface area contributed by atoms with E-state index in [1.54, 1.807) is 39.1 Å². The van der Waals surface area contributed by atoms with E-state index in [0.29, 0.717) is 40.2 Å². The maximum Gasteiger partial charge on any atom is 0.270 e. The van der Waals surface area contributed by atoms with Crippen molar-refractivity contribution in [3.05, 3.63) is 68.1 Å². The van der Waals surface area contributed by atoms with Gasteiger partial charge in [0.05, 0.1) is 19.3 Å². The predicted octanol–water partition coefficient (Wildman–Crippen LogP) is 1.38. The standard InChI is InChI=1S/C31H37N7O4S/c1-5-33-29(40)24(19-32)31-38(6-2)30(41)27(43-31)20-34-22-10-9-11-23(18-22)35(3)28(39)21-36-14-16-37(17-15-36)25-12-7-8-13-26(25)42-4/h7-13,18,20,34H,5-6,14-17,21H2,1-4H3,(H,33,40). The zero-order valence-electron chi connectivity index (χ0n) is 24.9. The number of piperazine rings is 1. The number of anilines is 3. The largest absolute Gasteiger partial charge is 0.495 e. The summed E-state index contributed by atoms with van der Waals surface area (Å²) in [6, 6.07) is 17.3. The molecule has 1 saturated heterocycles. The van der Waals surface area contributed by atoms with Crippen LogP contribution in [0.5, 0.6) is 5.75 Å². The van der Waals surface area contributed by atoms with Crippen LogP contribution in [0.15, 0.2) is 53.3 Å². The molecule has 1 aliphatic rings. The van der Waals surface area contributed by atoms with Gasteiger partial charge in [-0.15, -0.1) is 11.3 Å². The Labute approximate surface area is 254 Å². The molecule has 0 bridgehead atoms. The minimum absolute atomic E-state index is 0.0227. The van der Waals surface area contributed by atoms with Crippen molar-refractivity contribution in [3.63, 3.8) is 0 Å². The van der Waals surface area contributed by atoms with E-state index >= 15 is 0 Å². The summed E-state index contributed by atoms with van der Waals surface area (Å²) in [6.07, 6.45) is 1.57. The SMILES string of the molecule is CCNC(=O)C(C#N)=c1sc(=CNc2cccc(N(C)C(=O)CN3CCN(c4ccccc4OC)CC3)c2)c(=O)n1CC. The minimum Gasteiger partial charge on any atom is -0.495 e. The highest BCUT2D eigenvalue weighted by molar-refractivity contribution is 7.07. The fraction of sp³-hybridized carbons (Fsp3) is 0.355. The average Bonchev–Trinajstić information content (AvgIpc) is 3.34. The fourth-order valence-corrected chi connectivity index (χ4v) is 5.96. The van der Waals surface area contributed by atoms with E-state index in [0.717, 1.165) is 49.0 Å². The van der Waals surface area contributed by atoms with E-state index in [9.17, 15) is 19.6 Å². The molecule has 3 aromatic rings. The van der Waals surface area contributed by atoms with Crippen molar-refractivity contribution in [2.75, 3.05) is 68.5 Å². The molecule has 1 aromatic heterocycles. The number of para-hydroxylation sites is 2. The Morgan fingerprint density at radius 1 is 1.12 bits per heavy atom. The molecular weight excluding hydrogens is 566 g/mol. The van der Waals surface area contributed by atoms with Crippen molar-refractivity contribution in [1.29, 1.82) is 5.26 Å². The Balaban J connectivity index is 1.44. The molecule has 0 radical (unpaired) electrons. The molecule has 1 aliphatic heterocycles. The summed E-state index contributed by atoms with van der Waals surface area (Å²) in [6.45, 7) is 7.68. The Morgan fingerprint density at radius 3 is 2.53 bits per heavy atom. The normalized spacial score (nSPS) is 14.6. The number of nitriles is 1. The first-order valence-electron chi connectivity index (χ1n) is 14.2. The molecule has 1 fully saturated rings. The van der Waals surface area contributed by atoms with Gasteiger partial charge in [-0.1, -0.05) is 18.2 Å². The van der Waals surface area contributed by atoms with E-state index in [2.05, 4.69) is 26.5 Å². The third kappa shape index (κ3) is 7.25. The second-order valence-corrected chi connectivity index (χ2v) is 10.9. The summed E-state index contributed by atoms with van der Waals surface area (Å²) < 4.78 is 7.60. The molecule has 4 rings (SSSR count). The minimum atomic E-state index is -0.508. The molecule has 2 heterocycles. The summed E-state index contributed by atoms with van der Waals surface area (Å²) in [7, 11) is 3.43. The van der Waals surface area contributed by atoms with Gasteiger partial charge in [0.2, 0.25) is 5.91 Å². The number of thiazole rings is 1. The molecule has 2 aromatic carbocycles. The molecular formula is C31H37N7O4S. The van der Waals surface area contributed by atoms with Gasteiger partial charge in [0, 0.05) is 63.9 Å². The molecule has 2 N–H and O–H groups in total. The smallest absolute Gasteiger partial charge is 0.270 e. The highest BCUT2D eigenvalue weighted by Gasteiger charge is 2.23. The molecule has 0 aliphatic carbocycles. The number of carbonyl (C=O) groups is 2. The maximum atomic E-state index is 13.2. The van der Waals surface area contributed by atoms with E-state index < -0.39 is 5.91 Å². The lowest BCUT2D eigenvalue weighted by atomic mass is 10.2. The third-order valence-corrected chi connectivity index (χ3v) is 8.38. The van der Waals surface area contributed by atoms with E-state index in [-0.39, 0.29) is 17.0 Å². The number of amides is 2. The summed E-state index contributed by atoms with van der Waals surface area (Å²) in [5.41, 5.74) is 2.08. The van der Waals surface area contributed by atoms with Gasteiger partial charge in [-0.25, -0.2) is 0 Å². The lowest BCUT2D eigenvalue weighted by molar-refractivity contribution is -0.119. The van der Waals surface area contributed by atoms with Gasteiger partial charge in [0.25, 0.3) is 11.5 Å². The molecule has 226 valence electrons. The zero-order valence-corrected chi connectivity index (χ0v) is 25.7. The lowest BCUT2D eigenvalue weighted by Gasteiger charge is -2.36. The van der Waals surface area contributed by atoms with Gasteiger partial charge in [-0.3, -0.25) is 23.9 Å². The van der Waals surface area contributed by atoms with Crippen molar-refractivity contribution >= 4 is 52.0 Å². The quantitative estimate of drug-likeness (QED) is 0.357. The van der Waals surface area contributed by atoms with Crippen LogP contribution >= 0.6 is 11.3 Å². The van der Waals surface area contributed by atoms with Crippen LogP contribution in [0.25, 0.3) is 11.8 Å². The monoisotopic (exact) mass is 603 g/mol. The summed E-state index contributed by atoms with van der Waals surface area (Å²) in [5.74, 6) is 0.315. The number of methoxy groups -OCH3 is 1. The van der Waals surface area contributed by atoms with Crippen LogP contribution in [0.4, 0.5) is 17.1 Å². The molecule has 0 atom stereocenters. The molecule has 0 unspecified atom stereocenters. The number of nitrogens with zero attached hydrogens (tertiary/aromatic N) is 5. The third-order valence-electron chi connectivity index (χ3n) is 7.25. The summed E-state index contributed by atoms with van der Waals surface area (Å²) >= 11 is 1.08. The number of ether oxygens (including phenoxy) is 1. The average molecular weight is 604 g/mol. The molecule has 12 heteroatoms. The van der Waals surface area contributed by atoms with Gasteiger partial charge in [-0.2, -0.15) is 5.26 Å². The Kier molecular flexibility index (Phi) is 10.6. The van der Waals surface area contributed by atoms with Crippen LogP contribution in [0.3, 0.4) is 0 Å². The van der Waals surface area contributed by atoms with E-state index in [1.165, 1.54) is 4.57 Å². The van der Waals surface area contributed by atoms with Crippen molar-refractivity contribution in [1.82, 2.24) is 14.8 Å². The van der Waals surface area contributed by atoms with E-state index in [4.69, 9.17) is 4.74 Å². The number of nitrogens with one attached hydrogen (secondary N) is 2. The zero-order chi connectivity index (χ0) is 30.9. The highest BCUT2D eigenvalue weighted by Crippen LogP contribution is 2.28. The number of benzene rings is 2. The van der Waals surface area contributed by atoms with Crippen LogP contribution in [0.1, 0.15) is 13.8 Å². The maximum absolute atomic E-state index is 13.2. The second-order valence-electron chi connectivity index (χ2n) is 9.89. The number of rotatable bonds is 10. The van der Waals surface area contributed by atoms with Gasteiger partial charge >= 0.3 is 0 Å². The fourth-order valence-electron chi connectivity index (χ4n) is 4.87. The predicted molar refractivity (Wildman–Crippen MR) is 171 cm³/mol. The van der Waals surface area contributed by atoms with Crippen molar-refractivity contribution in [3.8, 4) is 11.8 Å². The van der Waals surface area contributed by atoms with Gasteiger partial charge < -0.3 is 25.2 Å². The van der Waals surface area contributed by atoms with Gasteiger partial charge in [0.15, 0.2) is 5.57 Å². The van der Waals surface area contributed by atoms with Crippen molar-refractivity contribution in [2.45, 2.75) is 20.4 Å². The number of aromatic nitrogens is 1. The van der Waals surface area contributed by atoms with Gasteiger partial charge in [0.1, 0.15) is 21.0 Å². The van der Waals surface area contributed by atoms with Gasteiger partial charge in [-0.05, 0) is 44.2 Å². The first-order valence-corrected chi connectivity index (χ1v) is 15.0. The van der Waals surface area contributed by atoms with Crippen molar-refractivity contribution in [2.24, 2.45) is 0 Å². The van der Waals surface area contributed by atoms with Crippen LogP contribution in [-0.4, -0.2) is 74.7 Å². The van der Waals surface area contributed by atoms with Crippen LogP contribution in [0, 0.1) is 11.3 Å². The van der Waals surface area contributed by atoms with Crippen LogP contribution in [-0.2, 0) is 16.1 Å². The van der Waals surface area contributed by atoms with Crippen molar-refractivity contribution < 1.29 is 14.3 Å². The highest BCUT2D eigenvalue weighted by atomic mass is 32.1. The van der Waals surface area contributed by atoms with E-state index in [1.807, 2.05) is 48.5 Å². The molecule has 0 spiro atoms.